The second-order valence-corrected chi connectivity index (χ2v) is 6.07. The molecule has 7 heteroatoms. The lowest BCUT2D eigenvalue weighted by molar-refractivity contribution is -0.129. The van der Waals surface area contributed by atoms with Crippen LogP contribution >= 0.6 is 11.3 Å². The number of nitrogens with zero attached hydrogens (tertiary/aromatic N) is 4. The fourth-order valence-electron chi connectivity index (χ4n) is 2.11. The fourth-order valence-corrected chi connectivity index (χ4v) is 2.90. The third kappa shape index (κ3) is 3.81. The van der Waals surface area contributed by atoms with Gasteiger partial charge in [-0.25, -0.2) is 4.98 Å². The van der Waals surface area contributed by atoms with Gasteiger partial charge in [0.25, 0.3) is 0 Å². The minimum atomic E-state index is -0.0106. The Kier molecular flexibility index (Phi) is 4.47. The largest absolute Gasteiger partial charge is 0.361 e. The van der Waals surface area contributed by atoms with Crippen molar-refractivity contribution in [1.29, 1.82) is 0 Å². The van der Waals surface area contributed by atoms with Crippen molar-refractivity contribution in [2.45, 2.75) is 19.9 Å². The van der Waals surface area contributed by atoms with Crippen molar-refractivity contribution in [2.75, 3.05) is 7.05 Å². The first-order chi connectivity index (χ1) is 11.1. The van der Waals surface area contributed by atoms with E-state index in [1.807, 2.05) is 36.6 Å². The van der Waals surface area contributed by atoms with E-state index in [1.165, 1.54) is 11.3 Å². The van der Waals surface area contributed by atoms with Crippen LogP contribution in [0.15, 0.2) is 40.4 Å². The monoisotopic (exact) mass is 328 g/mol. The van der Waals surface area contributed by atoms with E-state index in [9.17, 15) is 4.79 Å². The fraction of sp³-hybridized carbons (Fsp3) is 0.250. The van der Waals surface area contributed by atoms with Gasteiger partial charge in [-0.3, -0.25) is 9.78 Å². The summed E-state index contributed by atoms with van der Waals surface area (Å²) >= 11 is 1.49. The lowest BCUT2D eigenvalue weighted by Crippen LogP contribution is -2.27. The summed E-state index contributed by atoms with van der Waals surface area (Å²) in [5, 5.41) is 6.62. The van der Waals surface area contributed by atoms with Gasteiger partial charge in [0, 0.05) is 24.7 Å². The highest BCUT2D eigenvalue weighted by atomic mass is 32.1. The van der Waals surface area contributed by atoms with E-state index in [4.69, 9.17) is 4.52 Å². The van der Waals surface area contributed by atoms with Gasteiger partial charge in [-0.1, -0.05) is 11.2 Å². The Labute approximate surface area is 137 Å². The Morgan fingerprint density at radius 2 is 2.22 bits per heavy atom. The number of thiazole rings is 1. The van der Waals surface area contributed by atoms with Crippen molar-refractivity contribution in [3.63, 3.8) is 0 Å². The number of likely N-dealkylation sites (N-methyl/N-ethyl adjacent to an activating group) is 1. The average Bonchev–Trinajstić information content (AvgIpc) is 3.17. The van der Waals surface area contributed by atoms with Crippen LogP contribution in [0.3, 0.4) is 0 Å². The zero-order chi connectivity index (χ0) is 16.2. The number of carbonyl (C=O) groups is 1. The molecule has 0 spiro atoms. The number of hydrogen-bond acceptors (Lipinski definition) is 6. The first-order valence-corrected chi connectivity index (χ1v) is 8.02. The number of amides is 1. The molecule has 0 saturated heterocycles. The molecule has 3 aromatic heterocycles. The molecule has 0 aromatic carbocycles. The number of rotatable bonds is 5. The molecule has 3 rings (SSSR count). The highest BCUT2D eigenvalue weighted by Crippen LogP contribution is 2.21. The third-order valence-corrected chi connectivity index (χ3v) is 4.18. The maximum absolute atomic E-state index is 12.3. The number of pyridine rings is 1. The Bertz CT molecular complexity index is 797. The molecule has 0 bridgehead atoms. The quantitative estimate of drug-likeness (QED) is 0.720. The van der Waals surface area contributed by atoms with Gasteiger partial charge < -0.3 is 9.42 Å². The molecule has 0 radical (unpaired) electrons. The van der Waals surface area contributed by atoms with Crippen molar-refractivity contribution in [3.8, 4) is 10.7 Å². The molecule has 1 amide bonds. The van der Waals surface area contributed by atoms with Gasteiger partial charge in [0.05, 0.1) is 24.4 Å². The summed E-state index contributed by atoms with van der Waals surface area (Å²) in [7, 11) is 1.75. The second kappa shape index (κ2) is 6.70. The van der Waals surface area contributed by atoms with Gasteiger partial charge in [-0.2, -0.15) is 0 Å². The van der Waals surface area contributed by atoms with Crippen LogP contribution in [0.2, 0.25) is 0 Å². The van der Waals surface area contributed by atoms with E-state index in [0.717, 1.165) is 27.8 Å². The van der Waals surface area contributed by atoms with Gasteiger partial charge in [-0.05, 0) is 19.1 Å². The van der Waals surface area contributed by atoms with Gasteiger partial charge in [-0.15, -0.1) is 11.3 Å². The SMILES string of the molecule is Cc1cc(CN(C)C(=O)Cc2csc(-c3ccccn3)n2)no1. The highest BCUT2D eigenvalue weighted by molar-refractivity contribution is 7.13. The van der Waals surface area contributed by atoms with E-state index < -0.39 is 0 Å². The van der Waals surface area contributed by atoms with E-state index in [1.54, 1.807) is 18.1 Å². The van der Waals surface area contributed by atoms with Crippen LogP contribution in [0.1, 0.15) is 17.1 Å². The molecular formula is C16H16N4O2S. The van der Waals surface area contributed by atoms with Crippen molar-refractivity contribution >= 4 is 17.2 Å². The van der Waals surface area contributed by atoms with E-state index >= 15 is 0 Å². The van der Waals surface area contributed by atoms with E-state index in [-0.39, 0.29) is 12.3 Å². The van der Waals surface area contributed by atoms with Crippen LogP contribution in [0.5, 0.6) is 0 Å². The van der Waals surface area contributed by atoms with E-state index in [2.05, 4.69) is 15.1 Å². The molecule has 118 valence electrons. The summed E-state index contributed by atoms with van der Waals surface area (Å²) in [4.78, 5) is 22.7. The molecule has 3 heterocycles. The van der Waals surface area contributed by atoms with Crippen LogP contribution < -0.4 is 0 Å². The van der Waals surface area contributed by atoms with Gasteiger partial charge >= 0.3 is 0 Å². The van der Waals surface area contributed by atoms with Crippen molar-refractivity contribution < 1.29 is 9.32 Å². The summed E-state index contributed by atoms with van der Waals surface area (Å²) in [5.41, 5.74) is 2.32. The molecule has 0 atom stereocenters. The lowest BCUT2D eigenvalue weighted by Gasteiger charge is -2.14. The number of carbonyl (C=O) groups excluding carboxylic acids is 1. The molecule has 23 heavy (non-hydrogen) atoms. The Morgan fingerprint density at radius 3 is 2.91 bits per heavy atom. The maximum Gasteiger partial charge on any atom is 0.228 e. The Morgan fingerprint density at radius 1 is 1.35 bits per heavy atom. The maximum atomic E-state index is 12.3. The summed E-state index contributed by atoms with van der Waals surface area (Å²) in [6, 6.07) is 7.51. The Hall–Kier alpha value is -2.54. The lowest BCUT2D eigenvalue weighted by atomic mass is 10.3. The van der Waals surface area contributed by atoms with E-state index in [0.29, 0.717) is 6.54 Å². The molecule has 6 nitrogen and oxygen atoms in total. The van der Waals surface area contributed by atoms with Crippen LogP contribution in [-0.2, 0) is 17.8 Å². The van der Waals surface area contributed by atoms with Crippen LogP contribution in [0.25, 0.3) is 10.7 Å². The van der Waals surface area contributed by atoms with Crippen LogP contribution in [0.4, 0.5) is 0 Å². The molecule has 0 aliphatic heterocycles. The third-order valence-electron chi connectivity index (χ3n) is 3.27. The van der Waals surface area contributed by atoms with Crippen molar-refractivity contribution in [2.24, 2.45) is 0 Å². The van der Waals surface area contributed by atoms with Gasteiger partial charge in [0.2, 0.25) is 5.91 Å². The predicted octanol–water partition coefficient (Wildman–Crippen LogP) is 2.70. The first-order valence-electron chi connectivity index (χ1n) is 7.14. The predicted molar refractivity (Wildman–Crippen MR) is 86.8 cm³/mol. The molecule has 0 aliphatic carbocycles. The molecule has 0 aliphatic rings. The summed E-state index contributed by atoms with van der Waals surface area (Å²) < 4.78 is 5.01. The number of aromatic nitrogens is 3. The zero-order valence-corrected chi connectivity index (χ0v) is 13.7. The molecular weight excluding hydrogens is 312 g/mol. The molecule has 0 unspecified atom stereocenters. The number of aryl methyl sites for hydroxylation is 1. The topological polar surface area (TPSA) is 72.1 Å². The zero-order valence-electron chi connectivity index (χ0n) is 12.9. The summed E-state index contributed by atoms with van der Waals surface area (Å²) in [6.45, 7) is 2.25. The average molecular weight is 328 g/mol. The Balaban J connectivity index is 1.63. The molecule has 3 aromatic rings. The second-order valence-electron chi connectivity index (χ2n) is 5.21. The van der Waals surface area contributed by atoms with Gasteiger partial charge in [0.15, 0.2) is 0 Å². The van der Waals surface area contributed by atoms with Crippen molar-refractivity contribution in [3.05, 3.63) is 53.0 Å². The van der Waals surface area contributed by atoms with Gasteiger partial charge in [0.1, 0.15) is 16.5 Å². The molecule has 0 fully saturated rings. The molecule has 0 saturated carbocycles. The summed E-state index contributed by atoms with van der Waals surface area (Å²) in [5.74, 6) is 0.726. The van der Waals surface area contributed by atoms with Crippen LogP contribution in [0, 0.1) is 6.92 Å². The molecule has 0 N–H and O–H groups in total. The minimum Gasteiger partial charge on any atom is -0.361 e. The highest BCUT2D eigenvalue weighted by Gasteiger charge is 2.15. The van der Waals surface area contributed by atoms with Crippen molar-refractivity contribution in [1.82, 2.24) is 20.0 Å². The standard InChI is InChI=1S/C16H16N4O2S/c1-11-7-12(19-22-11)9-20(2)15(21)8-13-10-23-16(18-13)14-5-3-4-6-17-14/h3-7,10H,8-9H2,1-2H3. The minimum absolute atomic E-state index is 0.0106. The normalized spacial score (nSPS) is 10.7. The van der Waals surface area contributed by atoms with Crippen LogP contribution in [-0.4, -0.2) is 33.0 Å². The summed E-state index contributed by atoms with van der Waals surface area (Å²) in [6.07, 6.45) is 1.99. The number of hydrogen-bond donors (Lipinski definition) is 0. The first kappa shape index (κ1) is 15.4. The smallest absolute Gasteiger partial charge is 0.228 e.